The molecule has 2 heterocycles. The third-order valence-corrected chi connectivity index (χ3v) is 5.17. The van der Waals surface area contributed by atoms with Crippen LogP contribution in [0.1, 0.15) is 0 Å². The lowest BCUT2D eigenvalue weighted by Crippen LogP contribution is -2.51. The molecule has 1 N–H and O–H groups in total. The summed E-state index contributed by atoms with van der Waals surface area (Å²) in [5.74, 6) is 0. The molecule has 0 atom stereocenters. The van der Waals surface area contributed by atoms with Crippen LogP contribution in [0, 0.1) is 0 Å². The molecule has 1 aliphatic heterocycles. The van der Waals surface area contributed by atoms with E-state index in [1.807, 2.05) is 24.3 Å². The highest BCUT2D eigenvalue weighted by molar-refractivity contribution is 7.88. The molecule has 0 bridgehead atoms. The van der Waals surface area contributed by atoms with Crippen molar-refractivity contribution in [1.82, 2.24) is 14.2 Å². The lowest BCUT2D eigenvalue weighted by Gasteiger charge is -2.33. The van der Waals surface area contributed by atoms with Crippen LogP contribution < -0.4 is 5.32 Å². The molecule has 1 saturated heterocycles. The number of carbonyl (C=O) groups is 1. The number of benzene rings is 1. The zero-order valence-corrected chi connectivity index (χ0v) is 13.6. The highest BCUT2D eigenvalue weighted by atomic mass is 32.2. The lowest BCUT2D eigenvalue weighted by atomic mass is 10.2. The molecule has 3 rings (SSSR count). The standard InChI is InChI=1S/C15H18N4O3S/c1-23(21,22)19-10-8-18(9-11-19)15(20)17-13-6-2-4-12-5-3-7-16-14(12)13/h2-7H,8-11H2,1H3,(H,17,20). The molecule has 0 spiro atoms. The summed E-state index contributed by atoms with van der Waals surface area (Å²) in [5.41, 5.74) is 1.39. The summed E-state index contributed by atoms with van der Waals surface area (Å²) in [5, 5.41) is 3.82. The Balaban J connectivity index is 1.70. The first-order valence-electron chi connectivity index (χ1n) is 7.30. The Labute approximate surface area is 135 Å². The van der Waals surface area contributed by atoms with E-state index in [1.165, 1.54) is 10.6 Å². The number of pyridine rings is 1. The van der Waals surface area contributed by atoms with Crippen molar-refractivity contribution in [2.45, 2.75) is 0 Å². The SMILES string of the molecule is CS(=O)(=O)N1CCN(C(=O)Nc2cccc3cccnc23)CC1. The highest BCUT2D eigenvalue weighted by Crippen LogP contribution is 2.21. The quantitative estimate of drug-likeness (QED) is 0.898. The van der Waals surface area contributed by atoms with Gasteiger partial charge in [-0.2, -0.15) is 4.31 Å². The van der Waals surface area contributed by atoms with Crippen molar-refractivity contribution in [2.75, 3.05) is 37.8 Å². The van der Waals surface area contributed by atoms with Crippen LogP contribution in [0.5, 0.6) is 0 Å². The number of hydrogen-bond donors (Lipinski definition) is 1. The van der Waals surface area contributed by atoms with Gasteiger partial charge in [0.2, 0.25) is 10.0 Å². The maximum absolute atomic E-state index is 12.4. The maximum Gasteiger partial charge on any atom is 0.321 e. The van der Waals surface area contributed by atoms with E-state index in [0.29, 0.717) is 31.9 Å². The second-order valence-electron chi connectivity index (χ2n) is 5.46. The van der Waals surface area contributed by atoms with Crippen molar-refractivity contribution < 1.29 is 13.2 Å². The molecule has 7 nitrogen and oxygen atoms in total. The van der Waals surface area contributed by atoms with E-state index in [0.717, 1.165) is 10.9 Å². The Morgan fingerprint density at radius 3 is 2.52 bits per heavy atom. The number of nitrogens with one attached hydrogen (secondary N) is 1. The number of anilines is 1. The summed E-state index contributed by atoms with van der Waals surface area (Å²) in [6, 6.07) is 9.14. The van der Waals surface area contributed by atoms with Gasteiger partial charge in [-0.05, 0) is 12.1 Å². The lowest BCUT2D eigenvalue weighted by molar-refractivity contribution is 0.184. The van der Waals surface area contributed by atoms with Crippen LogP contribution in [0.2, 0.25) is 0 Å². The number of piperazine rings is 1. The number of para-hydroxylation sites is 1. The number of fused-ring (bicyclic) bond motifs is 1. The Morgan fingerprint density at radius 1 is 1.13 bits per heavy atom. The summed E-state index contributed by atoms with van der Waals surface area (Å²) in [4.78, 5) is 18.3. The molecule has 1 aliphatic rings. The van der Waals surface area contributed by atoms with E-state index in [4.69, 9.17) is 0 Å². The number of rotatable bonds is 2. The number of carbonyl (C=O) groups excluding carboxylic acids is 1. The number of nitrogens with zero attached hydrogens (tertiary/aromatic N) is 3. The van der Waals surface area contributed by atoms with Crippen molar-refractivity contribution in [3.63, 3.8) is 0 Å². The van der Waals surface area contributed by atoms with Crippen LogP contribution >= 0.6 is 0 Å². The van der Waals surface area contributed by atoms with Gasteiger partial charge in [-0.25, -0.2) is 13.2 Å². The Morgan fingerprint density at radius 2 is 1.83 bits per heavy atom. The van der Waals surface area contributed by atoms with E-state index in [1.54, 1.807) is 17.2 Å². The molecule has 1 aromatic carbocycles. The van der Waals surface area contributed by atoms with Crippen LogP contribution in [0.15, 0.2) is 36.5 Å². The Bertz CT molecular complexity index is 824. The molecular weight excluding hydrogens is 316 g/mol. The van der Waals surface area contributed by atoms with Crippen LogP contribution in [0.4, 0.5) is 10.5 Å². The fourth-order valence-electron chi connectivity index (χ4n) is 2.62. The molecule has 0 saturated carbocycles. The predicted octanol–water partition coefficient (Wildman–Crippen LogP) is 1.34. The fraction of sp³-hybridized carbons (Fsp3) is 0.333. The molecule has 2 amide bonds. The van der Waals surface area contributed by atoms with Crippen LogP contribution in [0.3, 0.4) is 0 Å². The van der Waals surface area contributed by atoms with Gasteiger partial charge in [0.05, 0.1) is 17.5 Å². The summed E-state index contributed by atoms with van der Waals surface area (Å²) in [7, 11) is -3.20. The summed E-state index contributed by atoms with van der Waals surface area (Å²) in [6.45, 7) is 1.38. The zero-order valence-electron chi connectivity index (χ0n) is 12.8. The molecule has 0 aliphatic carbocycles. The van der Waals surface area contributed by atoms with E-state index >= 15 is 0 Å². The van der Waals surface area contributed by atoms with Crippen molar-refractivity contribution >= 4 is 32.6 Å². The molecular formula is C15H18N4O3S. The Hall–Kier alpha value is -2.19. The van der Waals surface area contributed by atoms with Crippen LogP contribution in [-0.2, 0) is 10.0 Å². The topological polar surface area (TPSA) is 82.6 Å². The molecule has 0 radical (unpaired) electrons. The van der Waals surface area contributed by atoms with Crippen molar-refractivity contribution in [3.8, 4) is 0 Å². The summed E-state index contributed by atoms with van der Waals surface area (Å²) < 4.78 is 24.4. The summed E-state index contributed by atoms with van der Waals surface area (Å²) in [6.07, 6.45) is 2.87. The summed E-state index contributed by atoms with van der Waals surface area (Å²) >= 11 is 0. The minimum Gasteiger partial charge on any atom is -0.322 e. The number of aromatic nitrogens is 1. The van der Waals surface area contributed by atoms with Gasteiger partial charge >= 0.3 is 6.03 Å². The van der Waals surface area contributed by atoms with Gasteiger partial charge in [0, 0.05) is 37.8 Å². The minimum atomic E-state index is -3.20. The van der Waals surface area contributed by atoms with E-state index in [2.05, 4.69) is 10.3 Å². The largest absolute Gasteiger partial charge is 0.322 e. The molecule has 1 aromatic heterocycles. The van der Waals surface area contributed by atoms with Crippen molar-refractivity contribution in [2.24, 2.45) is 0 Å². The monoisotopic (exact) mass is 334 g/mol. The van der Waals surface area contributed by atoms with Gasteiger partial charge in [-0.1, -0.05) is 18.2 Å². The first kappa shape index (κ1) is 15.7. The predicted molar refractivity (Wildman–Crippen MR) is 88.8 cm³/mol. The van der Waals surface area contributed by atoms with Gasteiger partial charge in [0.1, 0.15) is 0 Å². The molecule has 23 heavy (non-hydrogen) atoms. The first-order chi connectivity index (χ1) is 10.9. The molecule has 0 unspecified atom stereocenters. The second kappa shape index (κ2) is 6.13. The molecule has 122 valence electrons. The number of hydrogen-bond acceptors (Lipinski definition) is 4. The number of amides is 2. The fourth-order valence-corrected chi connectivity index (χ4v) is 3.45. The average Bonchev–Trinajstić information content (AvgIpc) is 2.54. The van der Waals surface area contributed by atoms with Crippen molar-refractivity contribution in [1.29, 1.82) is 0 Å². The maximum atomic E-state index is 12.4. The van der Waals surface area contributed by atoms with E-state index < -0.39 is 10.0 Å². The molecule has 8 heteroatoms. The Kier molecular flexibility index (Phi) is 4.18. The minimum absolute atomic E-state index is 0.240. The van der Waals surface area contributed by atoms with E-state index in [-0.39, 0.29) is 6.03 Å². The normalized spacial score (nSPS) is 16.5. The van der Waals surface area contributed by atoms with Gasteiger partial charge in [0.15, 0.2) is 0 Å². The van der Waals surface area contributed by atoms with Crippen LogP contribution in [-0.4, -0.2) is 61.1 Å². The third-order valence-electron chi connectivity index (χ3n) is 3.87. The van der Waals surface area contributed by atoms with Gasteiger partial charge in [0.25, 0.3) is 0 Å². The smallest absolute Gasteiger partial charge is 0.321 e. The van der Waals surface area contributed by atoms with E-state index in [9.17, 15) is 13.2 Å². The van der Waals surface area contributed by atoms with Crippen LogP contribution in [0.25, 0.3) is 10.9 Å². The molecule has 1 fully saturated rings. The highest BCUT2D eigenvalue weighted by Gasteiger charge is 2.26. The molecule has 2 aromatic rings. The van der Waals surface area contributed by atoms with Crippen molar-refractivity contribution in [3.05, 3.63) is 36.5 Å². The number of sulfonamides is 1. The number of urea groups is 1. The average molecular weight is 334 g/mol. The zero-order chi connectivity index (χ0) is 16.4. The van der Waals surface area contributed by atoms with Gasteiger partial charge in [-0.15, -0.1) is 0 Å². The third kappa shape index (κ3) is 3.43. The van der Waals surface area contributed by atoms with Gasteiger partial charge in [-0.3, -0.25) is 4.98 Å². The second-order valence-corrected chi connectivity index (χ2v) is 7.44. The first-order valence-corrected chi connectivity index (χ1v) is 9.15. The van der Waals surface area contributed by atoms with Gasteiger partial charge < -0.3 is 10.2 Å².